The van der Waals surface area contributed by atoms with Gasteiger partial charge in [0.25, 0.3) is 0 Å². The second kappa shape index (κ2) is 5.31. The maximum atomic E-state index is 12.0. The molecular weight excluding hydrogens is 250 g/mol. The zero-order valence-electron chi connectivity index (χ0n) is 12.1. The summed E-state index contributed by atoms with van der Waals surface area (Å²) in [5, 5.41) is 0. The molecule has 0 N–H and O–H groups in total. The molecule has 0 aromatic heterocycles. The first-order valence-electron chi connectivity index (χ1n) is 7.38. The van der Waals surface area contributed by atoms with E-state index in [4.69, 9.17) is 4.74 Å². The van der Waals surface area contributed by atoms with E-state index < -0.39 is 0 Å². The van der Waals surface area contributed by atoms with Crippen molar-refractivity contribution in [1.29, 1.82) is 0 Å². The minimum atomic E-state index is -0.127. The Bertz CT molecular complexity index is 550. The lowest BCUT2D eigenvalue weighted by atomic mass is 9.99. The lowest BCUT2D eigenvalue weighted by Gasteiger charge is -2.36. The highest BCUT2D eigenvalue weighted by molar-refractivity contribution is 5.81. The van der Waals surface area contributed by atoms with E-state index in [9.17, 15) is 4.79 Å². The van der Waals surface area contributed by atoms with E-state index in [1.54, 1.807) is 0 Å². The van der Waals surface area contributed by atoms with Crippen LogP contribution >= 0.6 is 0 Å². The molecule has 3 rings (SSSR count). The van der Waals surface area contributed by atoms with Gasteiger partial charge in [0, 0.05) is 23.7 Å². The zero-order valence-corrected chi connectivity index (χ0v) is 12.1. The van der Waals surface area contributed by atoms with Gasteiger partial charge in [-0.25, -0.2) is 4.79 Å². The van der Waals surface area contributed by atoms with E-state index in [0.29, 0.717) is 5.92 Å². The van der Waals surface area contributed by atoms with Gasteiger partial charge in [0.2, 0.25) is 0 Å². The summed E-state index contributed by atoms with van der Waals surface area (Å²) in [6.45, 7) is 3.15. The van der Waals surface area contributed by atoms with Crippen molar-refractivity contribution in [3.63, 3.8) is 0 Å². The molecule has 1 fully saturated rings. The summed E-state index contributed by atoms with van der Waals surface area (Å²) < 4.78 is 4.99. The Hall–Kier alpha value is -1.77. The molecule has 0 radical (unpaired) electrons. The van der Waals surface area contributed by atoms with Gasteiger partial charge >= 0.3 is 5.97 Å². The van der Waals surface area contributed by atoms with Crippen LogP contribution in [-0.4, -0.2) is 30.6 Å². The van der Waals surface area contributed by atoms with Crippen LogP contribution in [-0.2, 0) is 9.53 Å². The maximum absolute atomic E-state index is 12.0. The van der Waals surface area contributed by atoms with Gasteiger partial charge in [-0.1, -0.05) is 37.3 Å². The highest BCUT2D eigenvalue weighted by Gasteiger charge is 2.34. The van der Waals surface area contributed by atoms with Crippen molar-refractivity contribution in [3.05, 3.63) is 41.5 Å². The average Bonchev–Trinajstić information content (AvgIpc) is 2.84. The number of rotatable bonds is 2. The van der Waals surface area contributed by atoms with Gasteiger partial charge in [0.15, 0.2) is 0 Å². The number of carbonyl (C=O) groups is 1. The molecule has 106 valence electrons. The third kappa shape index (κ3) is 2.11. The fraction of sp³-hybridized carbons (Fsp3) is 0.471. The SMILES string of the molecule is COC(=O)C1CCCCN1C1=C[C@H](C)c2ccccc21. The molecule has 1 aliphatic heterocycles. The molecule has 1 saturated heterocycles. The predicted octanol–water partition coefficient (Wildman–Crippen LogP) is 3.17. The van der Waals surface area contributed by atoms with Crippen molar-refractivity contribution >= 4 is 11.7 Å². The number of ether oxygens (including phenoxy) is 1. The summed E-state index contributed by atoms with van der Waals surface area (Å²) in [6, 6.07) is 8.37. The van der Waals surface area contributed by atoms with E-state index in [-0.39, 0.29) is 12.0 Å². The standard InChI is InChI=1S/C17H21NO2/c1-12-11-16(14-8-4-3-7-13(12)14)18-10-6-5-9-15(18)17(19)20-2/h3-4,7-8,11-12,15H,5-6,9-10H2,1-2H3/t12-,15?/m0/s1. The van der Waals surface area contributed by atoms with Crippen molar-refractivity contribution in [3.8, 4) is 0 Å². The number of piperidine rings is 1. The Labute approximate surface area is 120 Å². The molecule has 0 spiro atoms. The Balaban J connectivity index is 1.95. The third-order valence-electron chi connectivity index (χ3n) is 4.42. The number of carbonyl (C=O) groups excluding carboxylic acids is 1. The van der Waals surface area contributed by atoms with Crippen LogP contribution in [0.2, 0.25) is 0 Å². The molecule has 1 unspecified atom stereocenters. The largest absolute Gasteiger partial charge is 0.467 e. The van der Waals surface area contributed by atoms with Gasteiger partial charge in [-0.2, -0.15) is 0 Å². The number of methoxy groups -OCH3 is 1. The van der Waals surface area contributed by atoms with Crippen LogP contribution in [0.5, 0.6) is 0 Å². The van der Waals surface area contributed by atoms with E-state index in [0.717, 1.165) is 25.8 Å². The van der Waals surface area contributed by atoms with Crippen molar-refractivity contribution in [2.24, 2.45) is 0 Å². The molecule has 0 bridgehead atoms. The minimum absolute atomic E-state index is 0.109. The molecule has 2 aliphatic rings. The number of nitrogens with zero attached hydrogens (tertiary/aromatic N) is 1. The van der Waals surface area contributed by atoms with Crippen molar-refractivity contribution in [2.45, 2.75) is 38.1 Å². The molecule has 3 nitrogen and oxygen atoms in total. The van der Waals surface area contributed by atoms with E-state index in [2.05, 4.69) is 42.2 Å². The summed E-state index contributed by atoms with van der Waals surface area (Å²) in [5.74, 6) is 0.309. The maximum Gasteiger partial charge on any atom is 0.328 e. The van der Waals surface area contributed by atoms with E-state index in [1.807, 2.05) is 0 Å². The van der Waals surface area contributed by atoms with Crippen LogP contribution in [0, 0.1) is 0 Å². The van der Waals surface area contributed by atoms with Gasteiger partial charge in [-0.15, -0.1) is 0 Å². The quantitative estimate of drug-likeness (QED) is 0.774. The second-order valence-corrected chi connectivity index (χ2v) is 5.66. The van der Waals surface area contributed by atoms with Crippen molar-refractivity contribution in [1.82, 2.24) is 4.90 Å². The van der Waals surface area contributed by atoms with Gasteiger partial charge in [-0.05, 0) is 24.8 Å². The Kier molecular flexibility index (Phi) is 3.51. The first kappa shape index (κ1) is 13.2. The molecule has 0 amide bonds. The highest BCUT2D eigenvalue weighted by Crippen LogP contribution is 2.39. The van der Waals surface area contributed by atoms with Crippen LogP contribution < -0.4 is 0 Å². The lowest BCUT2D eigenvalue weighted by molar-refractivity contribution is -0.146. The number of hydrogen-bond acceptors (Lipinski definition) is 3. The van der Waals surface area contributed by atoms with Crippen LogP contribution in [0.4, 0.5) is 0 Å². The molecular formula is C17H21NO2. The third-order valence-corrected chi connectivity index (χ3v) is 4.42. The second-order valence-electron chi connectivity index (χ2n) is 5.66. The highest BCUT2D eigenvalue weighted by atomic mass is 16.5. The van der Waals surface area contributed by atoms with Crippen LogP contribution in [0.25, 0.3) is 5.70 Å². The first-order valence-corrected chi connectivity index (χ1v) is 7.38. The fourth-order valence-electron chi connectivity index (χ4n) is 3.40. The summed E-state index contributed by atoms with van der Waals surface area (Å²) in [4.78, 5) is 14.3. The molecule has 20 heavy (non-hydrogen) atoms. The summed E-state index contributed by atoms with van der Waals surface area (Å²) in [6.07, 6.45) is 5.41. The summed E-state index contributed by atoms with van der Waals surface area (Å²) >= 11 is 0. The van der Waals surface area contributed by atoms with Gasteiger partial charge in [0.1, 0.15) is 6.04 Å². The van der Waals surface area contributed by atoms with Crippen LogP contribution in [0.1, 0.15) is 43.2 Å². The number of benzene rings is 1. The smallest absolute Gasteiger partial charge is 0.328 e. The number of hydrogen-bond donors (Lipinski definition) is 0. The van der Waals surface area contributed by atoms with Crippen LogP contribution in [0.3, 0.4) is 0 Å². The summed E-state index contributed by atoms with van der Waals surface area (Å²) in [7, 11) is 1.48. The monoisotopic (exact) mass is 271 g/mol. The number of esters is 1. The fourth-order valence-corrected chi connectivity index (χ4v) is 3.40. The molecule has 1 aromatic carbocycles. The zero-order chi connectivity index (χ0) is 14.1. The molecule has 1 aliphatic carbocycles. The van der Waals surface area contributed by atoms with Crippen LogP contribution in [0.15, 0.2) is 30.3 Å². The molecule has 1 heterocycles. The van der Waals surface area contributed by atoms with Crippen molar-refractivity contribution in [2.75, 3.05) is 13.7 Å². The van der Waals surface area contributed by atoms with Gasteiger partial charge < -0.3 is 9.64 Å². The Morgan fingerprint density at radius 3 is 2.90 bits per heavy atom. The molecule has 0 saturated carbocycles. The number of fused-ring (bicyclic) bond motifs is 1. The number of likely N-dealkylation sites (tertiary alicyclic amines) is 1. The topological polar surface area (TPSA) is 29.5 Å². The molecule has 1 aromatic rings. The first-order chi connectivity index (χ1) is 9.72. The predicted molar refractivity (Wildman–Crippen MR) is 79.2 cm³/mol. The van der Waals surface area contributed by atoms with Gasteiger partial charge in [0.05, 0.1) is 7.11 Å². The Morgan fingerprint density at radius 2 is 2.10 bits per heavy atom. The minimum Gasteiger partial charge on any atom is -0.467 e. The molecule has 3 heteroatoms. The van der Waals surface area contributed by atoms with Gasteiger partial charge in [-0.3, -0.25) is 0 Å². The normalized spacial score (nSPS) is 25.1. The average molecular weight is 271 g/mol. The summed E-state index contributed by atoms with van der Waals surface area (Å²) in [5.41, 5.74) is 3.84. The lowest BCUT2D eigenvalue weighted by Crippen LogP contribution is -2.43. The van der Waals surface area contributed by atoms with Crippen molar-refractivity contribution < 1.29 is 9.53 Å². The van der Waals surface area contributed by atoms with E-state index in [1.165, 1.54) is 23.9 Å². The Morgan fingerprint density at radius 1 is 1.30 bits per heavy atom. The molecule has 2 atom stereocenters. The number of allylic oxidation sites excluding steroid dienone is 1. The van der Waals surface area contributed by atoms with E-state index >= 15 is 0 Å².